The van der Waals surface area contributed by atoms with Gasteiger partial charge in [0.15, 0.2) is 0 Å². The van der Waals surface area contributed by atoms with E-state index in [9.17, 15) is 4.79 Å². The number of carbonyl (C=O) groups is 1. The van der Waals surface area contributed by atoms with E-state index in [0.717, 1.165) is 13.1 Å². The summed E-state index contributed by atoms with van der Waals surface area (Å²) in [5, 5.41) is 3.83. The van der Waals surface area contributed by atoms with Crippen molar-refractivity contribution in [2.75, 3.05) is 36.4 Å². The Hall–Kier alpha value is -1.91. The molecule has 0 bridgehead atoms. The van der Waals surface area contributed by atoms with E-state index in [4.69, 9.17) is 23.2 Å². The van der Waals surface area contributed by atoms with Crippen molar-refractivity contribution in [3.63, 3.8) is 0 Å². The Morgan fingerprint density at radius 2 is 1.67 bits per heavy atom. The van der Waals surface area contributed by atoms with E-state index in [-0.39, 0.29) is 6.03 Å². The molecular weight excluding hydrogens is 345 g/mol. The molecule has 2 aromatic rings. The van der Waals surface area contributed by atoms with Crippen LogP contribution in [0.3, 0.4) is 0 Å². The summed E-state index contributed by atoms with van der Waals surface area (Å²) in [6.45, 7) is 5.04. The number of hydrogen-bond acceptors (Lipinski definition) is 2. The molecule has 2 amide bonds. The number of urea groups is 1. The molecule has 1 aliphatic heterocycles. The minimum Gasteiger partial charge on any atom is -0.368 e. The standard InChI is InChI=1S/C18H19Cl2N3O/c1-13-2-5-15(6-3-13)22-8-10-23(11-9-22)18(24)21-17-7-4-14(19)12-16(17)20/h2-7,12H,8-11H2,1H3,(H,21,24). The first-order chi connectivity index (χ1) is 11.5. The monoisotopic (exact) mass is 363 g/mol. The third kappa shape index (κ3) is 3.94. The van der Waals surface area contributed by atoms with Gasteiger partial charge in [-0.15, -0.1) is 0 Å². The van der Waals surface area contributed by atoms with Crippen molar-refractivity contribution in [2.24, 2.45) is 0 Å². The van der Waals surface area contributed by atoms with Gasteiger partial charge in [0.1, 0.15) is 0 Å². The van der Waals surface area contributed by atoms with Crippen LogP contribution in [0.2, 0.25) is 10.0 Å². The molecule has 1 fully saturated rings. The largest absolute Gasteiger partial charge is 0.368 e. The molecule has 6 heteroatoms. The number of piperazine rings is 1. The summed E-state index contributed by atoms with van der Waals surface area (Å²) in [6, 6.07) is 13.4. The van der Waals surface area contributed by atoms with Gasteiger partial charge in [-0.25, -0.2) is 4.79 Å². The number of hydrogen-bond donors (Lipinski definition) is 1. The van der Waals surface area contributed by atoms with Crippen LogP contribution in [0.1, 0.15) is 5.56 Å². The zero-order valence-electron chi connectivity index (χ0n) is 13.4. The molecule has 1 aliphatic rings. The van der Waals surface area contributed by atoms with Gasteiger partial charge in [-0.1, -0.05) is 40.9 Å². The molecule has 0 aromatic heterocycles. The summed E-state index contributed by atoms with van der Waals surface area (Å²) in [5.74, 6) is 0. The van der Waals surface area contributed by atoms with E-state index < -0.39 is 0 Å². The molecule has 0 aliphatic carbocycles. The first kappa shape index (κ1) is 16.9. The second kappa shape index (κ2) is 7.32. The van der Waals surface area contributed by atoms with Crippen LogP contribution in [0, 0.1) is 6.92 Å². The number of carbonyl (C=O) groups excluding carboxylic acids is 1. The highest BCUT2D eigenvalue weighted by Gasteiger charge is 2.21. The average Bonchev–Trinajstić information content (AvgIpc) is 2.58. The lowest BCUT2D eigenvalue weighted by Gasteiger charge is -2.36. The van der Waals surface area contributed by atoms with Crippen molar-refractivity contribution in [2.45, 2.75) is 6.92 Å². The Morgan fingerprint density at radius 3 is 2.29 bits per heavy atom. The van der Waals surface area contributed by atoms with Gasteiger partial charge in [0.2, 0.25) is 0 Å². The predicted octanol–water partition coefficient (Wildman–Crippen LogP) is 4.66. The lowest BCUT2D eigenvalue weighted by atomic mass is 10.2. The second-order valence-electron chi connectivity index (χ2n) is 5.86. The van der Waals surface area contributed by atoms with Crippen LogP contribution < -0.4 is 10.2 Å². The van der Waals surface area contributed by atoms with E-state index in [2.05, 4.69) is 41.4 Å². The van der Waals surface area contributed by atoms with Crippen LogP contribution in [0.15, 0.2) is 42.5 Å². The summed E-state index contributed by atoms with van der Waals surface area (Å²) in [6.07, 6.45) is 0. The van der Waals surface area contributed by atoms with Crippen LogP contribution in [-0.2, 0) is 0 Å². The highest BCUT2D eigenvalue weighted by atomic mass is 35.5. The molecule has 1 N–H and O–H groups in total. The first-order valence-corrected chi connectivity index (χ1v) is 8.61. The lowest BCUT2D eigenvalue weighted by molar-refractivity contribution is 0.208. The van der Waals surface area contributed by atoms with Gasteiger partial charge in [0.25, 0.3) is 0 Å². The van der Waals surface area contributed by atoms with Crippen LogP contribution in [0.25, 0.3) is 0 Å². The molecule has 0 unspecified atom stereocenters. The molecule has 24 heavy (non-hydrogen) atoms. The number of nitrogens with zero attached hydrogens (tertiary/aromatic N) is 2. The second-order valence-corrected chi connectivity index (χ2v) is 6.71. The maximum atomic E-state index is 12.4. The molecule has 0 saturated carbocycles. The fraction of sp³-hybridized carbons (Fsp3) is 0.278. The summed E-state index contributed by atoms with van der Waals surface area (Å²) in [5.41, 5.74) is 3.02. The van der Waals surface area contributed by atoms with Crippen molar-refractivity contribution < 1.29 is 4.79 Å². The lowest BCUT2D eigenvalue weighted by Crippen LogP contribution is -2.50. The quantitative estimate of drug-likeness (QED) is 0.842. The molecule has 0 spiro atoms. The summed E-state index contributed by atoms with van der Waals surface area (Å²) < 4.78 is 0. The zero-order chi connectivity index (χ0) is 17.1. The maximum absolute atomic E-state index is 12.4. The van der Waals surface area contributed by atoms with Gasteiger partial charge < -0.3 is 15.1 Å². The third-order valence-corrected chi connectivity index (χ3v) is 4.69. The van der Waals surface area contributed by atoms with Gasteiger partial charge in [0, 0.05) is 36.9 Å². The van der Waals surface area contributed by atoms with Gasteiger partial charge in [-0.2, -0.15) is 0 Å². The topological polar surface area (TPSA) is 35.6 Å². The first-order valence-electron chi connectivity index (χ1n) is 7.85. The summed E-state index contributed by atoms with van der Waals surface area (Å²) in [7, 11) is 0. The molecule has 1 heterocycles. The van der Waals surface area contributed by atoms with Crippen LogP contribution in [0.4, 0.5) is 16.2 Å². The molecule has 1 saturated heterocycles. The van der Waals surface area contributed by atoms with Crippen molar-refractivity contribution in [3.8, 4) is 0 Å². The summed E-state index contributed by atoms with van der Waals surface area (Å²) in [4.78, 5) is 16.5. The van der Waals surface area contributed by atoms with E-state index in [1.54, 1.807) is 23.1 Å². The van der Waals surface area contributed by atoms with Crippen LogP contribution in [0.5, 0.6) is 0 Å². The molecule has 126 valence electrons. The number of anilines is 2. The normalized spacial score (nSPS) is 14.6. The number of aryl methyl sites for hydroxylation is 1. The van der Waals surface area contributed by atoms with Crippen molar-refractivity contribution in [3.05, 3.63) is 58.1 Å². The smallest absolute Gasteiger partial charge is 0.322 e. The fourth-order valence-corrected chi connectivity index (χ4v) is 3.16. The van der Waals surface area contributed by atoms with Crippen molar-refractivity contribution in [1.29, 1.82) is 0 Å². The van der Waals surface area contributed by atoms with Crippen molar-refractivity contribution in [1.82, 2.24) is 4.90 Å². The molecule has 4 nitrogen and oxygen atoms in total. The minimum atomic E-state index is -0.136. The Kier molecular flexibility index (Phi) is 5.17. The summed E-state index contributed by atoms with van der Waals surface area (Å²) >= 11 is 12.0. The molecule has 3 rings (SSSR count). The van der Waals surface area contributed by atoms with Gasteiger partial charge in [0.05, 0.1) is 10.7 Å². The number of benzene rings is 2. The number of rotatable bonds is 2. The Balaban J connectivity index is 1.58. The Labute approximate surface area is 152 Å². The zero-order valence-corrected chi connectivity index (χ0v) is 14.9. The highest BCUT2D eigenvalue weighted by molar-refractivity contribution is 6.36. The average molecular weight is 364 g/mol. The number of amides is 2. The van der Waals surface area contributed by atoms with Crippen LogP contribution >= 0.6 is 23.2 Å². The van der Waals surface area contributed by atoms with Gasteiger partial charge >= 0.3 is 6.03 Å². The van der Waals surface area contributed by atoms with E-state index in [1.165, 1.54) is 11.3 Å². The van der Waals surface area contributed by atoms with E-state index >= 15 is 0 Å². The predicted molar refractivity (Wildman–Crippen MR) is 100 cm³/mol. The Morgan fingerprint density at radius 1 is 1.00 bits per heavy atom. The van der Waals surface area contributed by atoms with Crippen molar-refractivity contribution >= 4 is 40.6 Å². The SMILES string of the molecule is Cc1ccc(N2CCN(C(=O)Nc3ccc(Cl)cc3Cl)CC2)cc1. The van der Waals surface area contributed by atoms with Gasteiger partial charge in [-0.05, 0) is 37.3 Å². The number of nitrogens with one attached hydrogen (secondary N) is 1. The van der Waals surface area contributed by atoms with Gasteiger partial charge in [-0.3, -0.25) is 0 Å². The molecule has 0 atom stereocenters. The number of halogens is 2. The molecular formula is C18H19Cl2N3O. The highest BCUT2D eigenvalue weighted by Crippen LogP contribution is 2.26. The molecule has 2 aromatic carbocycles. The molecule has 0 radical (unpaired) electrons. The maximum Gasteiger partial charge on any atom is 0.322 e. The van der Waals surface area contributed by atoms with Crippen LogP contribution in [-0.4, -0.2) is 37.1 Å². The minimum absolute atomic E-state index is 0.136. The Bertz CT molecular complexity index is 726. The third-order valence-electron chi connectivity index (χ3n) is 4.14. The fourth-order valence-electron chi connectivity index (χ4n) is 2.71. The van der Waals surface area contributed by atoms with E-state index in [0.29, 0.717) is 28.8 Å². The van der Waals surface area contributed by atoms with E-state index in [1.807, 2.05) is 0 Å².